The Bertz CT molecular complexity index is 643. The zero-order chi connectivity index (χ0) is 16.9. The molecule has 3 rings (SSSR count). The van der Waals surface area contributed by atoms with Crippen LogP contribution in [-0.2, 0) is 17.9 Å². The first-order valence-corrected chi connectivity index (χ1v) is 8.52. The molecule has 6 heteroatoms. The minimum Gasteiger partial charge on any atom is -0.340 e. The van der Waals surface area contributed by atoms with E-state index in [0.717, 1.165) is 31.5 Å². The van der Waals surface area contributed by atoms with E-state index in [1.54, 1.807) is 12.7 Å². The number of nitrogens with zero attached hydrogens (tertiary/aromatic N) is 5. The number of carbonyl (C=O) groups is 1. The Balaban J connectivity index is 1.61. The third kappa shape index (κ3) is 3.82. The van der Waals surface area contributed by atoms with Crippen LogP contribution in [0.4, 0.5) is 0 Å². The van der Waals surface area contributed by atoms with Gasteiger partial charge in [0.15, 0.2) is 0 Å². The van der Waals surface area contributed by atoms with E-state index in [9.17, 15) is 4.79 Å². The quantitative estimate of drug-likeness (QED) is 0.812. The summed E-state index contributed by atoms with van der Waals surface area (Å²) in [4.78, 5) is 21.0. The van der Waals surface area contributed by atoms with Crippen molar-refractivity contribution in [2.24, 2.45) is 0 Å². The van der Waals surface area contributed by atoms with Gasteiger partial charge in [0.1, 0.15) is 12.7 Å². The smallest absolute Gasteiger partial charge is 0.239 e. The van der Waals surface area contributed by atoms with Crippen molar-refractivity contribution in [1.82, 2.24) is 24.6 Å². The zero-order valence-corrected chi connectivity index (χ0v) is 14.4. The summed E-state index contributed by atoms with van der Waals surface area (Å²) >= 11 is 0. The molecule has 0 unspecified atom stereocenters. The number of amides is 1. The predicted molar refractivity (Wildman–Crippen MR) is 92.1 cm³/mol. The summed E-state index contributed by atoms with van der Waals surface area (Å²) < 4.78 is 1.86. The van der Waals surface area contributed by atoms with Crippen LogP contribution in [0.3, 0.4) is 0 Å². The average Bonchev–Trinajstić information content (AvgIpc) is 3.27. The monoisotopic (exact) mass is 327 g/mol. The Labute approximate surface area is 143 Å². The van der Waals surface area contributed by atoms with Gasteiger partial charge in [-0.05, 0) is 31.9 Å². The maximum Gasteiger partial charge on any atom is 0.239 e. The molecule has 0 saturated carbocycles. The van der Waals surface area contributed by atoms with Gasteiger partial charge in [-0.15, -0.1) is 0 Å². The molecule has 1 saturated heterocycles. The molecular weight excluding hydrogens is 302 g/mol. The average molecular weight is 327 g/mol. The maximum absolute atomic E-state index is 12.8. The highest BCUT2D eigenvalue weighted by Gasteiger charge is 2.33. The van der Waals surface area contributed by atoms with E-state index in [1.165, 1.54) is 0 Å². The Morgan fingerprint density at radius 1 is 1.38 bits per heavy atom. The van der Waals surface area contributed by atoms with Crippen molar-refractivity contribution in [3.8, 4) is 0 Å². The Hall–Kier alpha value is -2.21. The minimum atomic E-state index is -0.116. The molecule has 0 radical (unpaired) electrons. The lowest BCUT2D eigenvalue weighted by Gasteiger charge is -2.32. The normalized spacial score (nSPS) is 19.3. The van der Waals surface area contributed by atoms with Crippen molar-refractivity contribution in [3.05, 3.63) is 48.5 Å². The molecule has 2 aromatic rings. The number of carbonyl (C=O) groups excluding carboxylic acids is 1. The molecule has 6 nitrogen and oxygen atoms in total. The molecule has 1 fully saturated rings. The second kappa shape index (κ2) is 7.57. The zero-order valence-electron chi connectivity index (χ0n) is 14.4. The van der Waals surface area contributed by atoms with Crippen LogP contribution in [0.1, 0.15) is 25.3 Å². The lowest BCUT2D eigenvalue weighted by atomic mass is 10.1. The summed E-state index contributed by atoms with van der Waals surface area (Å²) in [5.41, 5.74) is 1.15. The van der Waals surface area contributed by atoms with Crippen molar-refractivity contribution in [1.29, 1.82) is 0 Å². The van der Waals surface area contributed by atoms with Crippen LogP contribution in [0.25, 0.3) is 0 Å². The van der Waals surface area contributed by atoms with Gasteiger partial charge in [-0.1, -0.05) is 30.3 Å². The van der Waals surface area contributed by atoms with Crippen LogP contribution >= 0.6 is 0 Å². The number of likely N-dealkylation sites (tertiary alicyclic amines) is 1. The second-order valence-corrected chi connectivity index (χ2v) is 6.51. The Kier molecular flexibility index (Phi) is 5.25. The summed E-state index contributed by atoms with van der Waals surface area (Å²) in [6.45, 7) is 4.42. The topological polar surface area (TPSA) is 54.3 Å². The SMILES string of the molecule is C[C@@H](C(=O)N(C)Cc1ccccc1)N1CCC[C@H]1Cn1cncn1. The fraction of sp³-hybridized carbons (Fsp3) is 0.500. The molecular formula is C18H25N5O. The van der Waals surface area contributed by atoms with Crippen molar-refractivity contribution >= 4 is 5.91 Å². The molecule has 0 N–H and O–H groups in total. The molecule has 2 heterocycles. The summed E-state index contributed by atoms with van der Waals surface area (Å²) in [6, 6.07) is 10.3. The lowest BCUT2D eigenvalue weighted by Crippen LogP contribution is -2.48. The Morgan fingerprint density at radius 2 is 2.17 bits per heavy atom. The number of benzene rings is 1. The van der Waals surface area contributed by atoms with Crippen molar-refractivity contribution in [2.75, 3.05) is 13.6 Å². The first-order chi connectivity index (χ1) is 11.6. The largest absolute Gasteiger partial charge is 0.340 e. The summed E-state index contributed by atoms with van der Waals surface area (Å²) in [5, 5.41) is 4.19. The molecule has 1 aliphatic rings. The number of rotatable bonds is 6. The summed E-state index contributed by atoms with van der Waals surface area (Å²) in [5.74, 6) is 0.171. The van der Waals surface area contributed by atoms with Gasteiger partial charge in [0.25, 0.3) is 0 Å². The molecule has 0 bridgehead atoms. The van der Waals surface area contributed by atoms with Gasteiger partial charge >= 0.3 is 0 Å². The van der Waals surface area contributed by atoms with E-state index in [2.05, 4.69) is 27.1 Å². The van der Waals surface area contributed by atoms with Gasteiger partial charge in [0.2, 0.25) is 5.91 Å². The van der Waals surface area contributed by atoms with Crippen LogP contribution in [0.2, 0.25) is 0 Å². The van der Waals surface area contributed by atoms with Gasteiger partial charge in [-0.25, -0.2) is 4.98 Å². The predicted octanol–water partition coefficient (Wildman–Crippen LogP) is 1.79. The lowest BCUT2D eigenvalue weighted by molar-refractivity contribution is -0.136. The number of aromatic nitrogens is 3. The standard InChI is InChI=1S/C18H25N5O/c1-15(18(24)21(2)11-16-7-4-3-5-8-16)23-10-6-9-17(23)12-22-14-19-13-20-22/h3-5,7-8,13-15,17H,6,9-12H2,1-2H3/t15-,17-/m0/s1. The molecule has 1 aliphatic heterocycles. The van der Waals surface area contributed by atoms with Crippen LogP contribution in [0, 0.1) is 0 Å². The van der Waals surface area contributed by atoms with Crippen LogP contribution < -0.4 is 0 Å². The first-order valence-electron chi connectivity index (χ1n) is 8.52. The molecule has 0 spiro atoms. The van der Waals surface area contributed by atoms with Gasteiger partial charge in [-0.3, -0.25) is 14.4 Å². The number of likely N-dealkylation sites (N-methyl/N-ethyl adjacent to an activating group) is 1. The third-order valence-electron chi connectivity index (χ3n) is 4.78. The minimum absolute atomic E-state index is 0.116. The highest BCUT2D eigenvalue weighted by Crippen LogP contribution is 2.22. The second-order valence-electron chi connectivity index (χ2n) is 6.51. The van der Waals surface area contributed by atoms with Crippen LogP contribution in [0.5, 0.6) is 0 Å². The molecule has 128 valence electrons. The fourth-order valence-corrected chi connectivity index (χ4v) is 3.50. The molecule has 1 aromatic carbocycles. The Morgan fingerprint density at radius 3 is 2.88 bits per heavy atom. The van der Waals surface area contributed by atoms with Gasteiger partial charge in [-0.2, -0.15) is 5.10 Å². The van der Waals surface area contributed by atoms with Crippen LogP contribution in [0.15, 0.2) is 43.0 Å². The van der Waals surface area contributed by atoms with Gasteiger partial charge < -0.3 is 4.90 Å². The summed E-state index contributed by atoms with van der Waals surface area (Å²) in [7, 11) is 1.88. The molecule has 0 aliphatic carbocycles. The highest BCUT2D eigenvalue weighted by molar-refractivity contribution is 5.81. The molecule has 1 amide bonds. The van der Waals surface area contributed by atoms with Crippen molar-refractivity contribution in [2.45, 2.75) is 44.9 Å². The van der Waals surface area contributed by atoms with Crippen molar-refractivity contribution in [3.63, 3.8) is 0 Å². The van der Waals surface area contributed by atoms with E-state index in [-0.39, 0.29) is 11.9 Å². The molecule has 1 aromatic heterocycles. The molecule has 2 atom stereocenters. The highest BCUT2D eigenvalue weighted by atomic mass is 16.2. The van der Waals surface area contributed by atoms with Gasteiger partial charge in [0.05, 0.1) is 12.6 Å². The number of hydrogen-bond acceptors (Lipinski definition) is 4. The van der Waals surface area contributed by atoms with E-state index in [0.29, 0.717) is 12.6 Å². The molecule has 24 heavy (non-hydrogen) atoms. The van der Waals surface area contributed by atoms with E-state index >= 15 is 0 Å². The summed E-state index contributed by atoms with van der Waals surface area (Å²) in [6.07, 6.45) is 5.52. The van der Waals surface area contributed by atoms with E-state index in [4.69, 9.17) is 0 Å². The first kappa shape index (κ1) is 16.6. The third-order valence-corrected chi connectivity index (χ3v) is 4.78. The fourth-order valence-electron chi connectivity index (χ4n) is 3.50. The van der Waals surface area contributed by atoms with Crippen LogP contribution in [-0.4, -0.2) is 56.1 Å². The van der Waals surface area contributed by atoms with E-state index in [1.807, 2.05) is 41.8 Å². The van der Waals surface area contributed by atoms with Gasteiger partial charge in [0, 0.05) is 19.6 Å². The maximum atomic E-state index is 12.8. The number of hydrogen-bond donors (Lipinski definition) is 0. The van der Waals surface area contributed by atoms with E-state index < -0.39 is 0 Å². The van der Waals surface area contributed by atoms with Crippen molar-refractivity contribution < 1.29 is 4.79 Å².